The van der Waals surface area contributed by atoms with E-state index in [-0.39, 0.29) is 10.6 Å². The number of hydrogen-bond acceptors (Lipinski definition) is 4. The molecule has 1 aromatic rings. The van der Waals surface area contributed by atoms with Crippen molar-refractivity contribution < 1.29 is 4.92 Å². The molecule has 0 radical (unpaired) electrons. The minimum Gasteiger partial charge on any atom is -0.379 e. The predicted molar refractivity (Wildman–Crippen MR) is 74.9 cm³/mol. The highest BCUT2D eigenvalue weighted by atomic mass is 79.9. The summed E-state index contributed by atoms with van der Waals surface area (Å²) in [6, 6.07) is 5.49. The fourth-order valence-electron chi connectivity index (χ4n) is 2.19. The molecule has 0 saturated carbocycles. The van der Waals surface area contributed by atoms with Gasteiger partial charge in [-0.25, -0.2) is 0 Å². The van der Waals surface area contributed by atoms with Gasteiger partial charge in [-0.3, -0.25) is 10.1 Å². The van der Waals surface area contributed by atoms with Gasteiger partial charge in [0.15, 0.2) is 0 Å². The maximum atomic E-state index is 10.9. The third kappa shape index (κ3) is 3.43. The van der Waals surface area contributed by atoms with Crippen LogP contribution in [0.1, 0.15) is 19.3 Å². The zero-order valence-electron chi connectivity index (χ0n) is 9.99. The van der Waals surface area contributed by atoms with E-state index >= 15 is 0 Å². The Balaban J connectivity index is 1.94. The van der Waals surface area contributed by atoms with Crippen molar-refractivity contribution in [3.63, 3.8) is 0 Å². The zero-order chi connectivity index (χ0) is 13.0. The summed E-state index contributed by atoms with van der Waals surface area (Å²) < 4.78 is 0.842. The lowest BCUT2D eigenvalue weighted by Crippen LogP contribution is -2.24. The molecule has 0 amide bonds. The molecule has 5 nitrogen and oxygen atoms in total. The molecule has 18 heavy (non-hydrogen) atoms. The molecule has 2 rings (SSSR count). The van der Waals surface area contributed by atoms with Crippen LogP contribution in [0, 0.1) is 10.1 Å². The van der Waals surface area contributed by atoms with Crippen molar-refractivity contribution in [2.45, 2.75) is 25.3 Å². The molecule has 1 atom stereocenters. The minimum atomic E-state index is -0.359. The molecule has 1 aliphatic rings. The maximum Gasteiger partial charge on any atom is 0.292 e. The standard InChI is InChI=1S/C12H16BrN3O2/c13-9-3-4-12(16(17)18)11(8-9)15-7-5-10-2-1-6-14-10/h3-4,8,10,14-15H,1-2,5-7H2. The molecule has 1 aromatic carbocycles. The third-order valence-corrected chi connectivity index (χ3v) is 3.62. The zero-order valence-corrected chi connectivity index (χ0v) is 11.6. The monoisotopic (exact) mass is 313 g/mol. The van der Waals surface area contributed by atoms with Gasteiger partial charge in [0.05, 0.1) is 4.92 Å². The molecule has 1 aliphatic heterocycles. The molecule has 0 aliphatic carbocycles. The summed E-state index contributed by atoms with van der Waals surface area (Å²) in [5.74, 6) is 0. The van der Waals surface area contributed by atoms with Gasteiger partial charge < -0.3 is 10.6 Å². The summed E-state index contributed by atoms with van der Waals surface area (Å²) in [7, 11) is 0. The van der Waals surface area contributed by atoms with Crippen LogP contribution in [0.3, 0.4) is 0 Å². The third-order valence-electron chi connectivity index (χ3n) is 3.13. The van der Waals surface area contributed by atoms with E-state index in [0.717, 1.165) is 24.0 Å². The van der Waals surface area contributed by atoms with Gasteiger partial charge in [-0.15, -0.1) is 0 Å². The van der Waals surface area contributed by atoms with Crippen molar-refractivity contribution in [2.24, 2.45) is 0 Å². The lowest BCUT2D eigenvalue weighted by Gasteiger charge is -2.12. The van der Waals surface area contributed by atoms with Crippen LogP contribution >= 0.6 is 15.9 Å². The number of nitrogens with one attached hydrogen (secondary N) is 2. The lowest BCUT2D eigenvalue weighted by molar-refractivity contribution is -0.384. The van der Waals surface area contributed by atoms with Gasteiger partial charge in [0.2, 0.25) is 0 Å². The van der Waals surface area contributed by atoms with E-state index in [2.05, 4.69) is 26.6 Å². The first-order valence-corrected chi connectivity index (χ1v) is 6.87. The van der Waals surface area contributed by atoms with Crippen LogP contribution in [-0.4, -0.2) is 24.1 Å². The number of nitrogens with zero attached hydrogens (tertiary/aromatic N) is 1. The maximum absolute atomic E-state index is 10.9. The van der Waals surface area contributed by atoms with Crippen LogP contribution in [0.5, 0.6) is 0 Å². The summed E-state index contributed by atoms with van der Waals surface area (Å²) in [6.45, 7) is 1.83. The fourth-order valence-corrected chi connectivity index (χ4v) is 2.55. The Morgan fingerprint density at radius 1 is 1.56 bits per heavy atom. The van der Waals surface area contributed by atoms with E-state index in [1.165, 1.54) is 18.9 Å². The van der Waals surface area contributed by atoms with Gasteiger partial charge in [0.25, 0.3) is 5.69 Å². The van der Waals surface area contributed by atoms with Crippen molar-refractivity contribution >= 4 is 27.3 Å². The molecule has 1 heterocycles. The number of nitro benzene ring substituents is 1. The second-order valence-corrected chi connectivity index (χ2v) is 5.34. The van der Waals surface area contributed by atoms with Gasteiger partial charge in [0.1, 0.15) is 5.69 Å². The highest BCUT2D eigenvalue weighted by Gasteiger charge is 2.16. The van der Waals surface area contributed by atoms with Crippen molar-refractivity contribution in [1.82, 2.24) is 5.32 Å². The first-order chi connectivity index (χ1) is 8.66. The molecule has 6 heteroatoms. The Kier molecular flexibility index (Phi) is 4.54. The Morgan fingerprint density at radius 3 is 3.06 bits per heavy atom. The normalized spacial score (nSPS) is 18.8. The number of rotatable bonds is 5. The van der Waals surface area contributed by atoms with Crippen LogP contribution < -0.4 is 10.6 Å². The molecule has 0 spiro atoms. The Bertz CT molecular complexity index is 433. The van der Waals surface area contributed by atoms with Crippen molar-refractivity contribution in [1.29, 1.82) is 0 Å². The van der Waals surface area contributed by atoms with E-state index in [4.69, 9.17) is 0 Å². The van der Waals surface area contributed by atoms with Crippen molar-refractivity contribution in [2.75, 3.05) is 18.4 Å². The highest BCUT2D eigenvalue weighted by molar-refractivity contribution is 9.10. The van der Waals surface area contributed by atoms with E-state index in [0.29, 0.717) is 11.7 Å². The molecule has 0 aromatic heterocycles. The molecule has 1 fully saturated rings. The van der Waals surface area contributed by atoms with Gasteiger partial charge in [-0.2, -0.15) is 0 Å². The Labute approximate surface area is 114 Å². The molecule has 0 bridgehead atoms. The first-order valence-electron chi connectivity index (χ1n) is 6.08. The number of benzene rings is 1. The van der Waals surface area contributed by atoms with Crippen molar-refractivity contribution in [3.8, 4) is 0 Å². The van der Waals surface area contributed by atoms with Crippen LogP contribution in [0.25, 0.3) is 0 Å². The second kappa shape index (κ2) is 6.15. The van der Waals surface area contributed by atoms with Gasteiger partial charge >= 0.3 is 0 Å². The Hall–Kier alpha value is -1.14. The van der Waals surface area contributed by atoms with Gasteiger partial charge in [-0.05, 0) is 37.9 Å². The second-order valence-electron chi connectivity index (χ2n) is 4.43. The summed E-state index contributed by atoms with van der Waals surface area (Å²) >= 11 is 3.33. The summed E-state index contributed by atoms with van der Waals surface area (Å²) in [4.78, 5) is 10.5. The van der Waals surface area contributed by atoms with Crippen LogP contribution in [0.4, 0.5) is 11.4 Å². The van der Waals surface area contributed by atoms with Crippen LogP contribution in [0.15, 0.2) is 22.7 Å². The summed E-state index contributed by atoms with van der Waals surface area (Å²) in [5, 5.41) is 17.4. The summed E-state index contributed by atoms with van der Waals surface area (Å²) in [6.07, 6.45) is 3.41. The number of anilines is 1. The van der Waals surface area contributed by atoms with E-state index in [9.17, 15) is 10.1 Å². The van der Waals surface area contributed by atoms with Crippen LogP contribution in [-0.2, 0) is 0 Å². The highest BCUT2D eigenvalue weighted by Crippen LogP contribution is 2.27. The molecule has 2 N–H and O–H groups in total. The minimum absolute atomic E-state index is 0.123. The predicted octanol–water partition coefficient (Wildman–Crippen LogP) is 2.91. The lowest BCUT2D eigenvalue weighted by atomic mass is 10.1. The van der Waals surface area contributed by atoms with Gasteiger partial charge in [0, 0.05) is 23.1 Å². The van der Waals surface area contributed by atoms with E-state index in [1.807, 2.05) is 0 Å². The van der Waals surface area contributed by atoms with Gasteiger partial charge in [-0.1, -0.05) is 15.9 Å². The largest absolute Gasteiger partial charge is 0.379 e. The van der Waals surface area contributed by atoms with E-state index < -0.39 is 0 Å². The smallest absolute Gasteiger partial charge is 0.292 e. The molecular formula is C12H16BrN3O2. The molecule has 98 valence electrons. The molecular weight excluding hydrogens is 298 g/mol. The average molecular weight is 314 g/mol. The fraction of sp³-hybridized carbons (Fsp3) is 0.500. The Morgan fingerprint density at radius 2 is 2.39 bits per heavy atom. The number of halogens is 1. The number of hydrogen-bond donors (Lipinski definition) is 2. The topological polar surface area (TPSA) is 67.2 Å². The van der Waals surface area contributed by atoms with Crippen LogP contribution in [0.2, 0.25) is 0 Å². The number of nitro groups is 1. The molecule has 1 unspecified atom stereocenters. The molecule has 1 saturated heterocycles. The average Bonchev–Trinajstić information content (AvgIpc) is 2.82. The quantitative estimate of drug-likeness (QED) is 0.648. The first kappa shape index (κ1) is 13.3. The van der Waals surface area contributed by atoms with E-state index in [1.54, 1.807) is 12.1 Å². The summed E-state index contributed by atoms with van der Waals surface area (Å²) in [5.41, 5.74) is 0.699. The SMILES string of the molecule is O=[N+]([O-])c1ccc(Br)cc1NCCC1CCCN1. The van der Waals surface area contributed by atoms with Crippen molar-refractivity contribution in [3.05, 3.63) is 32.8 Å².